The minimum absolute atomic E-state index is 0.0728. The highest BCUT2D eigenvalue weighted by atomic mass is 32.2. The third kappa shape index (κ3) is 3.31. The maximum absolute atomic E-state index is 12.5. The number of hydrogen-bond acceptors (Lipinski definition) is 4. The van der Waals surface area contributed by atoms with Crippen molar-refractivity contribution < 1.29 is 8.42 Å². The minimum atomic E-state index is -3.58. The van der Waals surface area contributed by atoms with Gasteiger partial charge in [0.15, 0.2) is 5.03 Å². The molecule has 114 valence electrons. The molecule has 7 heteroatoms. The van der Waals surface area contributed by atoms with Gasteiger partial charge in [-0.25, -0.2) is 13.4 Å². The Kier molecular flexibility index (Phi) is 4.46. The monoisotopic (exact) mass is 308 g/mol. The molecule has 0 bridgehead atoms. The number of imidazole rings is 1. The summed E-state index contributed by atoms with van der Waals surface area (Å²) in [6.45, 7) is 2.54. The van der Waals surface area contributed by atoms with Crippen LogP contribution in [0.2, 0.25) is 0 Å². The molecule has 0 aliphatic heterocycles. The predicted octanol–water partition coefficient (Wildman–Crippen LogP) is 1.01. The fraction of sp³-hybridized carbons (Fsp3) is 0.357. The number of rotatable bonds is 5. The fourth-order valence-electron chi connectivity index (χ4n) is 1.93. The van der Waals surface area contributed by atoms with E-state index in [2.05, 4.69) is 4.98 Å². The van der Waals surface area contributed by atoms with Crippen LogP contribution in [0.25, 0.3) is 0 Å². The summed E-state index contributed by atoms with van der Waals surface area (Å²) in [5.74, 6) is 0.661. The summed E-state index contributed by atoms with van der Waals surface area (Å²) in [5.41, 5.74) is 7.47. The Labute approximate surface area is 125 Å². The van der Waals surface area contributed by atoms with Crippen LogP contribution in [0.15, 0.2) is 35.5 Å². The molecule has 1 heterocycles. The highest BCUT2D eigenvalue weighted by Crippen LogP contribution is 2.16. The molecule has 0 fully saturated rings. The summed E-state index contributed by atoms with van der Waals surface area (Å²) in [6, 6.07) is 7.58. The number of aromatic nitrogens is 2. The van der Waals surface area contributed by atoms with Gasteiger partial charge in [-0.2, -0.15) is 4.31 Å². The molecule has 0 radical (unpaired) electrons. The van der Waals surface area contributed by atoms with Gasteiger partial charge >= 0.3 is 0 Å². The van der Waals surface area contributed by atoms with E-state index in [1.54, 1.807) is 25.6 Å². The van der Waals surface area contributed by atoms with Gasteiger partial charge in [-0.05, 0) is 18.1 Å². The van der Waals surface area contributed by atoms with Crippen molar-refractivity contribution >= 4 is 10.0 Å². The van der Waals surface area contributed by atoms with Gasteiger partial charge in [0.2, 0.25) is 0 Å². The molecule has 0 saturated heterocycles. The number of nitrogens with zero attached hydrogens (tertiary/aromatic N) is 3. The molecule has 0 spiro atoms. The van der Waals surface area contributed by atoms with Crippen molar-refractivity contribution in [2.75, 3.05) is 7.05 Å². The number of aryl methyl sites for hydroxylation is 2. The van der Waals surface area contributed by atoms with E-state index in [0.29, 0.717) is 18.9 Å². The minimum Gasteiger partial charge on any atom is -0.337 e. The molecule has 0 unspecified atom stereocenters. The SMILES string of the molecule is Cc1nc(S(=O)(=O)N(C)Cc2ccc(CN)cc2)cn1C. The average molecular weight is 308 g/mol. The topological polar surface area (TPSA) is 81.2 Å². The first-order chi connectivity index (χ1) is 9.84. The molecular weight excluding hydrogens is 288 g/mol. The second-order valence-electron chi connectivity index (χ2n) is 5.02. The number of sulfonamides is 1. The van der Waals surface area contributed by atoms with Crippen LogP contribution in [0.3, 0.4) is 0 Å². The second kappa shape index (κ2) is 5.97. The standard InChI is InChI=1S/C14H20N4O2S/c1-11-16-14(10-17(11)2)21(19,20)18(3)9-13-6-4-12(8-15)5-7-13/h4-7,10H,8-9,15H2,1-3H3. The molecule has 0 amide bonds. The van der Waals surface area contributed by atoms with Gasteiger partial charge in [0.05, 0.1) is 0 Å². The third-order valence-electron chi connectivity index (χ3n) is 3.43. The van der Waals surface area contributed by atoms with E-state index in [0.717, 1.165) is 11.1 Å². The van der Waals surface area contributed by atoms with Gasteiger partial charge in [-0.1, -0.05) is 24.3 Å². The highest BCUT2D eigenvalue weighted by molar-refractivity contribution is 7.89. The van der Waals surface area contributed by atoms with Crippen LogP contribution >= 0.6 is 0 Å². The Morgan fingerprint density at radius 3 is 2.29 bits per heavy atom. The molecule has 21 heavy (non-hydrogen) atoms. The van der Waals surface area contributed by atoms with E-state index in [4.69, 9.17) is 5.73 Å². The molecule has 2 rings (SSSR count). The van der Waals surface area contributed by atoms with Gasteiger partial charge in [-0.3, -0.25) is 0 Å². The van der Waals surface area contributed by atoms with Crippen molar-refractivity contribution in [2.24, 2.45) is 12.8 Å². The van der Waals surface area contributed by atoms with Crippen LogP contribution in [0.1, 0.15) is 17.0 Å². The van der Waals surface area contributed by atoms with Crippen molar-refractivity contribution in [3.63, 3.8) is 0 Å². The van der Waals surface area contributed by atoms with Gasteiger partial charge in [-0.15, -0.1) is 0 Å². The van der Waals surface area contributed by atoms with Crippen molar-refractivity contribution in [3.05, 3.63) is 47.4 Å². The van der Waals surface area contributed by atoms with Crippen LogP contribution in [0, 0.1) is 6.92 Å². The second-order valence-corrected chi connectivity index (χ2v) is 7.01. The summed E-state index contributed by atoms with van der Waals surface area (Å²) >= 11 is 0. The zero-order chi connectivity index (χ0) is 15.6. The maximum atomic E-state index is 12.5. The smallest absolute Gasteiger partial charge is 0.262 e. The molecule has 0 saturated carbocycles. The van der Waals surface area contributed by atoms with Crippen LogP contribution in [-0.4, -0.2) is 29.3 Å². The van der Waals surface area contributed by atoms with Crippen molar-refractivity contribution in [3.8, 4) is 0 Å². The highest BCUT2D eigenvalue weighted by Gasteiger charge is 2.24. The van der Waals surface area contributed by atoms with Crippen molar-refractivity contribution in [1.82, 2.24) is 13.9 Å². The molecule has 0 aliphatic carbocycles. The Hall–Kier alpha value is -1.70. The Bertz CT molecular complexity index is 700. The van der Waals surface area contributed by atoms with E-state index in [-0.39, 0.29) is 5.03 Å². The molecule has 0 aliphatic rings. The fourth-order valence-corrected chi connectivity index (χ4v) is 3.11. The Morgan fingerprint density at radius 2 is 1.81 bits per heavy atom. The van der Waals surface area contributed by atoms with Gasteiger partial charge < -0.3 is 10.3 Å². The first kappa shape index (κ1) is 15.7. The molecule has 0 atom stereocenters. The lowest BCUT2D eigenvalue weighted by Gasteiger charge is -2.15. The van der Waals surface area contributed by atoms with E-state index < -0.39 is 10.0 Å². The van der Waals surface area contributed by atoms with Crippen LogP contribution < -0.4 is 5.73 Å². The number of nitrogens with two attached hydrogens (primary N) is 1. The van der Waals surface area contributed by atoms with Crippen molar-refractivity contribution in [2.45, 2.75) is 25.0 Å². The zero-order valence-electron chi connectivity index (χ0n) is 12.4. The Balaban J connectivity index is 2.19. The first-order valence-corrected chi connectivity index (χ1v) is 8.03. The van der Waals surface area contributed by atoms with Crippen LogP contribution in [-0.2, 0) is 30.2 Å². The lowest BCUT2D eigenvalue weighted by Crippen LogP contribution is -2.26. The van der Waals surface area contributed by atoms with Crippen LogP contribution in [0.4, 0.5) is 0 Å². The number of benzene rings is 1. The Morgan fingerprint density at radius 1 is 1.24 bits per heavy atom. The summed E-state index contributed by atoms with van der Waals surface area (Å²) < 4.78 is 27.9. The largest absolute Gasteiger partial charge is 0.337 e. The van der Waals surface area contributed by atoms with E-state index in [9.17, 15) is 8.42 Å². The molecule has 1 aromatic carbocycles. The molecule has 2 N–H and O–H groups in total. The summed E-state index contributed by atoms with van der Waals surface area (Å²) in [5, 5.41) is 0.0728. The summed E-state index contributed by atoms with van der Waals surface area (Å²) in [6.07, 6.45) is 1.53. The van der Waals surface area contributed by atoms with Gasteiger partial charge in [0.25, 0.3) is 10.0 Å². The van der Waals surface area contributed by atoms with Gasteiger partial charge in [0.1, 0.15) is 5.82 Å². The average Bonchev–Trinajstić information content (AvgIpc) is 2.80. The lowest BCUT2D eigenvalue weighted by atomic mass is 10.1. The van der Waals surface area contributed by atoms with E-state index in [1.165, 1.54) is 10.5 Å². The maximum Gasteiger partial charge on any atom is 0.262 e. The summed E-state index contributed by atoms with van der Waals surface area (Å²) in [4.78, 5) is 4.09. The van der Waals surface area contributed by atoms with Gasteiger partial charge in [0, 0.05) is 33.4 Å². The predicted molar refractivity (Wildman–Crippen MR) is 80.9 cm³/mol. The number of hydrogen-bond donors (Lipinski definition) is 1. The molecule has 1 aromatic heterocycles. The van der Waals surface area contributed by atoms with E-state index in [1.807, 2.05) is 24.3 Å². The molecular formula is C14H20N4O2S. The molecule has 6 nitrogen and oxygen atoms in total. The third-order valence-corrected chi connectivity index (χ3v) is 5.10. The molecule has 2 aromatic rings. The van der Waals surface area contributed by atoms with Crippen LogP contribution in [0.5, 0.6) is 0 Å². The van der Waals surface area contributed by atoms with Crippen molar-refractivity contribution in [1.29, 1.82) is 0 Å². The first-order valence-electron chi connectivity index (χ1n) is 6.59. The summed E-state index contributed by atoms with van der Waals surface area (Å²) in [7, 11) is -0.255. The lowest BCUT2D eigenvalue weighted by molar-refractivity contribution is 0.464. The normalized spacial score (nSPS) is 12.0. The quantitative estimate of drug-likeness (QED) is 0.894. The zero-order valence-corrected chi connectivity index (χ0v) is 13.3. The van der Waals surface area contributed by atoms with E-state index >= 15 is 0 Å².